The van der Waals surface area contributed by atoms with Crippen LogP contribution >= 0.6 is 11.6 Å². The van der Waals surface area contributed by atoms with Gasteiger partial charge < -0.3 is 9.47 Å². The van der Waals surface area contributed by atoms with E-state index >= 15 is 0 Å². The van der Waals surface area contributed by atoms with E-state index in [2.05, 4.69) is 0 Å². The summed E-state index contributed by atoms with van der Waals surface area (Å²) in [6.07, 6.45) is 0. The highest BCUT2D eigenvalue weighted by Gasteiger charge is 2.24. The van der Waals surface area contributed by atoms with Crippen molar-refractivity contribution in [1.29, 1.82) is 0 Å². The zero-order chi connectivity index (χ0) is 9.90. The average molecular weight is 201 g/mol. The molecule has 13 heavy (non-hydrogen) atoms. The molecular weight excluding hydrogens is 188 g/mol. The van der Waals surface area contributed by atoms with Gasteiger partial charge in [0, 0.05) is 24.8 Å². The van der Waals surface area contributed by atoms with E-state index < -0.39 is 5.79 Å². The first kappa shape index (κ1) is 10.5. The van der Waals surface area contributed by atoms with E-state index in [-0.39, 0.29) is 0 Å². The highest BCUT2D eigenvalue weighted by atomic mass is 35.5. The molecule has 0 N–H and O–H groups in total. The highest BCUT2D eigenvalue weighted by Crippen LogP contribution is 2.26. The number of hydrogen-bond donors (Lipinski definition) is 0. The standard InChI is InChI=1S/C10H13ClO2/c1-10(12-2,13-3)8-4-6-9(11)7-5-8/h4-7H,1-3H3. The summed E-state index contributed by atoms with van der Waals surface area (Å²) in [5.41, 5.74) is 0.946. The van der Waals surface area contributed by atoms with Crippen molar-refractivity contribution in [3.05, 3.63) is 34.9 Å². The van der Waals surface area contributed by atoms with Gasteiger partial charge in [0.25, 0.3) is 0 Å². The van der Waals surface area contributed by atoms with Crippen LogP contribution in [0.25, 0.3) is 0 Å². The third-order valence-corrected chi connectivity index (χ3v) is 2.40. The molecule has 1 rings (SSSR count). The Labute approximate surface area is 83.4 Å². The first-order chi connectivity index (χ1) is 6.12. The predicted octanol–water partition coefficient (Wildman–Crippen LogP) is 2.81. The van der Waals surface area contributed by atoms with E-state index in [1.54, 1.807) is 14.2 Å². The number of rotatable bonds is 3. The summed E-state index contributed by atoms with van der Waals surface area (Å²) >= 11 is 5.77. The van der Waals surface area contributed by atoms with Gasteiger partial charge in [0.15, 0.2) is 5.79 Å². The largest absolute Gasteiger partial charge is 0.349 e. The molecule has 0 atom stereocenters. The van der Waals surface area contributed by atoms with Gasteiger partial charge in [-0.15, -0.1) is 0 Å². The van der Waals surface area contributed by atoms with Crippen LogP contribution in [0.5, 0.6) is 0 Å². The molecule has 0 bridgehead atoms. The number of benzene rings is 1. The minimum atomic E-state index is -0.690. The fourth-order valence-electron chi connectivity index (χ4n) is 1.07. The number of hydrogen-bond acceptors (Lipinski definition) is 2. The van der Waals surface area contributed by atoms with Crippen molar-refractivity contribution < 1.29 is 9.47 Å². The van der Waals surface area contributed by atoms with E-state index in [0.29, 0.717) is 5.02 Å². The van der Waals surface area contributed by atoms with Crippen molar-refractivity contribution in [2.24, 2.45) is 0 Å². The lowest BCUT2D eigenvalue weighted by Crippen LogP contribution is -2.26. The maximum absolute atomic E-state index is 5.77. The molecule has 0 aliphatic heterocycles. The van der Waals surface area contributed by atoms with E-state index in [4.69, 9.17) is 21.1 Å². The van der Waals surface area contributed by atoms with Gasteiger partial charge in [-0.05, 0) is 19.1 Å². The summed E-state index contributed by atoms with van der Waals surface area (Å²) in [4.78, 5) is 0. The van der Waals surface area contributed by atoms with Crippen LogP contribution in [-0.2, 0) is 15.3 Å². The maximum atomic E-state index is 5.77. The zero-order valence-electron chi connectivity index (χ0n) is 8.00. The van der Waals surface area contributed by atoms with Gasteiger partial charge in [0.1, 0.15) is 0 Å². The molecule has 0 aromatic heterocycles. The maximum Gasteiger partial charge on any atom is 0.191 e. The summed E-state index contributed by atoms with van der Waals surface area (Å²) in [6, 6.07) is 7.39. The van der Waals surface area contributed by atoms with Crippen molar-refractivity contribution in [3.8, 4) is 0 Å². The fraction of sp³-hybridized carbons (Fsp3) is 0.400. The predicted molar refractivity (Wildman–Crippen MR) is 52.8 cm³/mol. The van der Waals surface area contributed by atoms with Gasteiger partial charge in [-0.3, -0.25) is 0 Å². The smallest absolute Gasteiger partial charge is 0.191 e. The van der Waals surface area contributed by atoms with Crippen LogP contribution in [-0.4, -0.2) is 14.2 Å². The van der Waals surface area contributed by atoms with Gasteiger partial charge in [-0.1, -0.05) is 23.7 Å². The Morgan fingerprint density at radius 3 is 1.92 bits per heavy atom. The van der Waals surface area contributed by atoms with Gasteiger partial charge >= 0.3 is 0 Å². The van der Waals surface area contributed by atoms with Crippen molar-refractivity contribution >= 4 is 11.6 Å². The first-order valence-corrected chi connectivity index (χ1v) is 4.36. The minimum Gasteiger partial charge on any atom is -0.349 e. The molecule has 0 saturated carbocycles. The van der Waals surface area contributed by atoms with Crippen LogP contribution in [0.3, 0.4) is 0 Å². The molecule has 0 amide bonds. The summed E-state index contributed by atoms with van der Waals surface area (Å²) < 4.78 is 10.5. The summed E-state index contributed by atoms with van der Waals surface area (Å²) in [5.74, 6) is -0.690. The van der Waals surface area contributed by atoms with Crippen LogP contribution in [0.1, 0.15) is 12.5 Å². The van der Waals surface area contributed by atoms with Gasteiger partial charge in [-0.25, -0.2) is 0 Å². The SMILES string of the molecule is COC(C)(OC)c1ccc(Cl)cc1. The molecule has 0 heterocycles. The summed E-state index contributed by atoms with van der Waals surface area (Å²) in [7, 11) is 3.22. The van der Waals surface area contributed by atoms with Crippen molar-refractivity contribution in [2.75, 3.05) is 14.2 Å². The lowest BCUT2D eigenvalue weighted by atomic mass is 10.1. The van der Waals surface area contributed by atoms with Crippen molar-refractivity contribution in [1.82, 2.24) is 0 Å². The Bertz CT molecular complexity index is 265. The first-order valence-electron chi connectivity index (χ1n) is 3.99. The van der Waals surface area contributed by atoms with Crippen LogP contribution < -0.4 is 0 Å². The Balaban J connectivity index is 2.99. The van der Waals surface area contributed by atoms with E-state index in [0.717, 1.165) is 5.56 Å². The number of ether oxygens (including phenoxy) is 2. The Hall–Kier alpha value is -0.570. The zero-order valence-corrected chi connectivity index (χ0v) is 8.76. The number of methoxy groups -OCH3 is 2. The molecule has 3 heteroatoms. The molecule has 1 aromatic carbocycles. The van der Waals surface area contributed by atoms with Crippen LogP contribution in [0.15, 0.2) is 24.3 Å². The van der Waals surface area contributed by atoms with Gasteiger partial charge in [0.2, 0.25) is 0 Å². The normalized spacial score (nSPS) is 11.7. The quantitative estimate of drug-likeness (QED) is 0.699. The Morgan fingerprint density at radius 2 is 1.54 bits per heavy atom. The molecule has 0 unspecified atom stereocenters. The Morgan fingerprint density at radius 1 is 1.08 bits per heavy atom. The second-order valence-electron chi connectivity index (χ2n) is 2.86. The molecule has 0 radical (unpaired) electrons. The molecule has 0 saturated heterocycles. The molecule has 72 valence electrons. The van der Waals surface area contributed by atoms with E-state index in [1.165, 1.54) is 0 Å². The fourth-order valence-corrected chi connectivity index (χ4v) is 1.20. The summed E-state index contributed by atoms with van der Waals surface area (Å²) in [5, 5.41) is 0.707. The molecular formula is C10H13ClO2. The van der Waals surface area contributed by atoms with Crippen LogP contribution in [0.4, 0.5) is 0 Å². The van der Waals surface area contributed by atoms with Gasteiger partial charge in [0.05, 0.1) is 0 Å². The van der Waals surface area contributed by atoms with E-state index in [1.807, 2.05) is 31.2 Å². The van der Waals surface area contributed by atoms with Crippen molar-refractivity contribution in [3.63, 3.8) is 0 Å². The lowest BCUT2D eigenvalue weighted by molar-refractivity contribution is -0.201. The highest BCUT2D eigenvalue weighted by molar-refractivity contribution is 6.30. The second-order valence-corrected chi connectivity index (χ2v) is 3.30. The minimum absolute atomic E-state index is 0.690. The molecule has 2 nitrogen and oxygen atoms in total. The average Bonchev–Trinajstić information content (AvgIpc) is 2.18. The number of halogens is 1. The van der Waals surface area contributed by atoms with E-state index in [9.17, 15) is 0 Å². The van der Waals surface area contributed by atoms with Crippen LogP contribution in [0.2, 0.25) is 5.02 Å². The molecule has 0 aliphatic carbocycles. The van der Waals surface area contributed by atoms with Crippen LogP contribution in [0, 0.1) is 0 Å². The summed E-state index contributed by atoms with van der Waals surface area (Å²) in [6.45, 7) is 1.86. The Kier molecular flexibility index (Phi) is 3.31. The van der Waals surface area contributed by atoms with Crippen molar-refractivity contribution in [2.45, 2.75) is 12.7 Å². The molecule has 0 aliphatic rings. The van der Waals surface area contributed by atoms with Gasteiger partial charge in [-0.2, -0.15) is 0 Å². The monoisotopic (exact) mass is 200 g/mol. The lowest BCUT2D eigenvalue weighted by Gasteiger charge is -2.26. The second kappa shape index (κ2) is 4.09. The molecule has 0 fully saturated rings. The topological polar surface area (TPSA) is 18.5 Å². The third kappa shape index (κ3) is 2.21. The molecule has 0 spiro atoms. The third-order valence-electron chi connectivity index (χ3n) is 2.15. The molecule has 1 aromatic rings.